The molecule has 0 N–H and O–H groups in total. The Kier molecular flexibility index (Phi) is 4.13. The van der Waals surface area contributed by atoms with E-state index in [1.807, 2.05) is 0 Å². The highest BCUT2D eigenvalue weighted by Gasteiger charge is 2.43. The molecule has 0 radical (unpaired) electrons. The van der Waals surface area contributed by atoms with E-state index in [9.17, 15) is 0 Å². The molecule has 1 aliphatic heterocycles. The summed E-state index contributed by atoms with van der Waals surface area (Å²) in [5.41, 5.74) is 6.43. The molecule has 5 rings (SSSR count). The van der Waals surface area contributed by atoms with Crippen LogP contribution < -0.4 is 4.90 Å². The van der Waals surface area contributed by atoms with Crippen LogP contribution in [0.3, 0.4) is 0 Å². The molecule has 2 atom stereocenters. The number of piperazine rings is 1. The summed E-state index contributed by atoms with van der Waals surface area (Å²) in [5, 5.41) is 1.28. The number of hydrogen-bond donors (Lipinski definition) is 0. The highest BCUT2D eigenvalue weighted by Crippen LogP contribution is 2.45. The van der Waals surface area contributed by atoms with Crippen molar-refractivity contribution in [3.05, 3.63) is 71.4 Å². The van der Waals surface area contributed by atoms with Gasteiger partial charge in [-0.2, -0.15) is 0 Å². The van der Waals surface area contributed by atoms with Gasteiger partial charge < -0.3 is 4.90 Å². The number of fused-ring (bicyclic) bond motifs is 1. The minimum Gasteiger partial charge on any atom is -0.368 e. The Morgan fingerprint density at radius 2 is 1.70 bits per heavy atom. The quantitative estimate of drug-likeness (QED) is 0.686. The van der Waals surface area contributed by atoms with Crippen molar-refractivity contribution in [3.63, 3.8) is 0 Å². The van der Waals surface area contributed by atoms with Crippen molar-refractivity contribution in [2.75, 3.05) is 31.1 Å². The van der Waals surface area contributed by atoms with Crippen molar-refractivity contribution in [1.29, 1.82) is 0 Å². The van der Waals surface area contributed by atoms with Gasteiger partial charge >= 0.3 is 0 Å². The average molecular weight is 358 g/mol. The van der Waals surface area contributed by atoms with E-state index in [1.54, 1.807) is 0 Å². The zero-order chi connectivity index (χ0) is 18.4. The Balaban J connectivity index is 1.28. The highest BCUT2D eigenvalue weighted by molar-refractivity contribution is 5.92. The third-order valence-corrected chi connectivity index (χ3v) is 6.20. The third-order valence-electron chi connectivity index (χ3n) is 6.20. The van der Waals surface area contributed by atoms with Gasteiger partial charge in [0.25, 0.3) is 0 Å². The Hall–Kier alpha value is -2.39. The summed E-state index contributed by atoms with van der Waals surface area (Å²) in [4.78, 5) is 9.94. The zero-order valence-electron chi connectivity index (χ0n) is 16.2. The lowest BCUT2D eigenvalue weighted by Gasteiger charge is -2.37. The third kappa shape index (κ3) is 3.21. The Bertz CT molecular complexity index is 972. The van der Waals surface area contributed by atoms with Gasteiger partial charge in [0.05, 0.1) is 5.52 Å². The zero-order valence-corrected chi connectivity index (χ0v) is 16.2. The number of benzene rings is 2. The average Bonchev–Trinajstić information content (AvgIpc) is 3.48. The smallest absolute Gasteiger partial charge is 0.0726 e. The van der Waals surface area contributed by atoms with Gasteiger partial charge in [0, 0.05) is 54.9 Å². The van der Waals surface area contributed by atoms with E-state index >= 15 is 0 Å². The molecule has 2 aliphatic rings. The number of aryl methyl sites for hydroxylation is 2. The summed E-state index contributed by atoms with van der Waals surface area (Å²) >= 11 is 0. The molecular formula is C24H27N3. The predicted octanol–water partition coefficient (Wildman–Crippen LogP) is 4.53. The summed E-state index contributed by atoms with van der Waals surface area (Å²) in [6.45, 7) is 8.77. The van der Waals surface area contributed by atoms with Crippen LogP contribution in [0.1, 0.15) is 29.2 Å². The first kappa shape index (κ1) is 16.8. The maximum Gasteiger partial charge on any atom is 0.0726 e. The van der Waals surface area contributed by atoms with Crippen LogP contribution in [0.5, 0.6) is 0 Å². The highest BCUT2D eigenvalue weighted by atomic mass is 15.3. The Labute approximate surface area is 161 Å². The Morgan fingerprint density at radius 3 is 2.52 bits per heavy atom. The Morgan fingerprint density at radius 1 is 0.889 bits per heavy atom. The summed E-state index contributed by atoms with van der Waals surface area (Å²) in [5.74, 6) is 0.737. The fourth-order valence-electron chi connectivity index (χ4n) is 4.65. The van der Waals surface area contributed by atoms with Crippen molar-refractivity contribution in [1.82, 2.24) is 9.88 Å². The molecule has 3 heteroatoms. The van der Waals surface area contributed by atoms with Crippen LogP contribution in [0, 0.1) is 13.8 Å². The topological polar surface area (TPSA) is 19.4 Å². The van der Waals surface area contributed by atoms with Crippen LogP contribution in [0.15, 0.2) is 54.6 Å². The molecule has 2 fully saturated rings. The number of anilines is 1. The number of aromatic nitrogens is 1. The normalized spacial score (nSPS) is 23.0. The molecule has 3 nitrogen and oxygen atoms in total. The van der Waals surface area contributed by atoms with Gasteiger partial charge in [-0.05, 0) is 50.1 Å². The van der Waals surface area contributed by atoms with E-state index in [0.29, 0.717) is 0 Å². The summed E-state index contributed by atoms with van der Waals surface area (Å²) < 4.78 is 0. The molecule has 0 spiro atoms. The van der Waals surface area contributed by atoms with Crippen LogP contribution >= 0.6 is 0 Å². The van der Waals surface area contributed by atoms with Crippen molar-refractivity contribution in [3.8, 4) is 0 Å². The maximum atomic E-state index is 4.70. The molecule has 1 aromatic heterocycles. The monoisotopic (exact) mass is 357 g/mol. The number of rotatable bonds is 3. The fourth-order valence-corrected chi connectivity index (χ4v) is 4.65. The van der Waals surface area contributed by atoms with E-state index in [4.69, 9.17) is 4.98 Å². The van der Waals surface area contributed by atoms with Crippen LogP contribution in [0.2, 0.25) is 0 Å². The molecule has 0 amide bonds. The second-order valence-electron chi connectivity index (χ2n) is 8.14. The van der Waals surface area contributed by atoms with E-state index in [0.717, 1.165) is 49.3 Å². The second-order valence-corrected chi connectivity index (χ2v) is 8.14. The van der Waals surface area contributed by atoms with Crippen molar-refractivity contribution < 1.29 is 0 Å². The molecule has 2 aromatic carbocycles. The summed E-state index contributed by atoms with van der Waals surface area (Å²) in [7, 11) is 0. The first-order valence-electron chi connectivity index (χ1n) is 10.1. The second kappa shape index (κ2) is 6.65. The summed E-state index contributed by atoms with van der Waals surface area (Å²) in [6.07, 6.45) is 1.32. The fraction of sp³-hybridized carbons (Fsp3) is 0.375. The molecule has 138 valence electrons. The van der Waals surface area contributed by atoms with Crippen molar-refractivity contribution in [2.45, 2.75) is 32.2 Å². The van der Waals surface area contributed by atoms with E-state index in [1.165, 1.54) is 28.6 Å². The van der Waals surface area contributed by atoms with E-state index in [-0.39, 0.29) is 0 Å². The number of pyridine rings is 1. The largest absolute Gasteiger partial charge is 0.368 e. The lowest BCUT2D eigenvalue weighted by Crippen LogP contribution is -2.47. The first-order valence-corrected chi connectivity index (χ1v) is 10.1. The lowest BCUT2D eigenvalue weighted by atomic mass is 10.1. The maximum absolute atomic E-state index is 4.70. The van der Waals surface area contributed by atoms with Crippen LogP contribution in [0.25, 0.3) is 10.9 Å². The van der Waals surface area contributed by atoms with Gasteiger partial charge in [-0.1, -0.05) is 35.9 Å². The van der Waals surface area contributed by atoms with Gasteiger partial charge in [-0.25, -0.2) is 0 Å². The number of nitrogens with zero attached hydrogens (tertiary/aromatic N) is 3. The van der Waals surface area contributed by atoms with Crippen molar-refractivity contribution in [2.24, 2.45) is 0 Å². The van der Waals surface area contributed by atoms with Gasteiger partial charge in [0.2, 0.25) is 0 Å². The molecule has 27 heavy (non-hydrogen) atoms. The van der Waals surface area contributed by atoms with Gasteiger partial charge in [-0.15, -0.1) is 0 Å². The van der Waals surface area contributed by atoms with Crippen molar-refractivity contribution >= 4 is 16.6 Å². The first-order chi connectivity index (χ1) is 13.2. The van der Waals surface area contributed by atoms with Crippen LogP contribution in [-0.2, 0) is 0 Å². The van der Waals surface area contributed by atoms with E-state index < -0.39 is 0 Å². The summed E-state index contributed by atoms with van der Waals surface area (Å²) in [6, 6.07) is 20.7. The van der Waals surface area contributed by atoms with E-state index in [2.05, 4.69) is 78.2 Å². The molecular weight excluding hydrogens is 330 g/mol. The van der Waals surface area contributed by atoms with Gasteiger partial charge in [-0.3, -0.25) is 9.88 Å². The van der Waals surface area contributed by atoms with Gasteiger partial charge in [0.1, 0.15) is 0 Å². The molecule has 0 bridgehead atoms. The lowest BCUT2D eigenvalue weighted by molar-refractivity contribution is 0.244. The SMILES string of the molecule is Cc1cccc(C2CC2N2CCN(c3cccc4nc(C)ccc34)CC2)c1. The van der Waals surface area contributed by atoms with Gasteiger partial charge in [0.15, 0.2) is 0 Å². The minimum absolute atomic E-state index is 0.737. The molecule has 1 saturated heterocycles. The molecule has 2 unspecified atom stereocenters. The molecule has 2 heterocycles. The molecule has 1 aliphatic carbocycles. The predicted molar refractivity (Wildman–Crippen MR) is 113 cm³/mol. The van der Waals surface area contributed by atoms with Crippen LogP contribution in [0.4, 0.5) is 5.69 Å². The minimum atomic E-state index is 0.737. The molecule has 1 saturated carbocycles. The molecule has 3 aromatic rings. The standard InChI is InChI=1S/C24H27N3/c1-17-5-3-6-19(15-17)21-16-24(21)27-13-11-26(12-14-27)23-8-4-7-22-20(23)10-9-18(2)25-22/h3-10,15,21,24H,11-14,16H2,1-2H3. The van der Waals surface area contributed by atoms with Crippen LogP contribution in [-0.4, -0.2) is 42.1 Å². The number of hydrogen-bond acceptors (Lipinski definition) is 3.